The summed E-state index contributed by atoms with van der Waals surface area (Å²) in [5.74, 6) is -0.464. The third kappa shape index (κ3) is 2.12. The highest BCUT2D eigenvalue weighted by atomic mass is 32.2. The molecule has 0 aliphatic carbocycles. The lowest BCUT2D eigenvalue weighted by Gasteiger charge is -2.01. The molecule has 0 saturated carbocycles. The van der Waals surface area contributed by atoms with E-state index in [0.29, 0.717) is 10.9 Å². The molecule has 2 rings (SSSR count). The first-order valence-electron chi connectivity index (χ1n) is 5.64. The molecule has 0 fully saturated rings. The Morgan fingerprint density at radius 1 is 1.32 bits per heavy atom. The van der Waals surface area contributed by atoms with Crippen molar-refractivity contribution in [2.75, 3.05) is 13.4 Å². The molecule has 2 aromatic rings. The number of sulfone groups is 1. The molecular weight excluding hydrogens is 266 g/mol. The number of aryl methyl sites for hydroxylation is 1. The molecular formula is C13H15NO4S. The maximum atomic E-state index is 11.8. The van der Waals surface area contributed by atoms with E-state index in [1.54, 1.807) is 13.0 Å². The Kier molecular flexibility index (Phi) is 3.14. The van der Waals surface area contributed by atoms with Crippen LogP contribution in [0.25, 0.3) is 10.9 Å². The molecule has 0 aliphatic heterocycles. The minimum absolute atomic E-state index is 0.191. The lowest BCUT2D eigenvalue weighted by molar-refractivity contribution is 0.0602. The number of nitrogens with zero attached hydrogens (tertiary/aromatic N) is 1. The number of hydrogen-bond donors (Lipinski definition) is 0. The van der Waals surface area contributed by atoms with Crippen molar-refractivity contribution >= 4 is 26.7 Å². The van der Waals surface area contributed by atoms with Crippen LogP contribution in [0.5, 0.6) is 0 Å². The van der Waals surface area contributed by atoms with Gasteiger partial charge in [0.15, 0.2) is 9.84 Å². The number of rotatable bonds is 2. The maximum Gasteiger partial charge on any atom is 0.340 e. The number of benzene rings is 1. The second kappa shape index (κ2) is 4.38. The average Bonchev–Trinajstić information content (AvgIpc) is 2.60. The van der Waals surface area contributed by atoms with Gasteiger partial charge in [0.1, 0.15) is 0 Å². The van der Waals surface area contributed by atoms with Crippen LogP contribution in [-0.4, -0.2) is 32.3 Å². The standard InChI is InChI=1S/C13H15NO4S/c1-8-12(13(15)18-3)10-7-9(19(4,16)17)5-6-11(10)14(8)2/h5-7H,1-4H3. The third-order valence-corrected chi connectivity index (χ3v) is 4.39. The highest BCUT2D eigenvalue weighted by Crippen LogP contribution is 2.28. The van der Waals surface area contributed by atoms with Crippen molar-refractivity contribution in [3.63, 3.8) is 0 Å². The molecule has 102 valence electrons. The monoisotopic (exact) mass is 281 g/mol. The number of carbonyl (C=O) groups excluding carboxylic acids is 1. The summed E-state index contributed by atoms with van der Waals surface area (Å²) in [6.45, 7) is 1.80. The number of ether oxygens (including phenoxy) is 1. The van der Waals surface area contributed by atoms with Crippen LogP contribution in [0.3, 0.4) is 0 Å². The predicted molar refractivity (Wildman–Crippen MR) is 72.1 cm³/mol. The molecule has 0 amide bonds. The minimum atomic E-state index is -3.31. The normalized spacial score (nSPS) is 11.8. The largest absolute Gasteiger partial charge is 0.465 e. The zero-order valence-corrected chi connectivity index (χ0v) is 12.0. The Morgan fingerprint density at radius 3 is 2.47 bits per heavy atom. The molecule has 1 heterocycles. The van der Waals surface area contributed by atoms with Gasteiger partial charge in [0.25, 0.3) is 0 Å². The van der Waals surface area contributed by atoms with Gasteiger partial charge in [-0.15, -0.1) is 0 Å². The molecule has 6 heteroatoms. The first-order valence-corrected chi connectivity index (χ1v) is 7.54. The Morgan fingerprint density at radius 2 is 1.95 bits per heavy atom. The number of aromatic nitrogens is 1. The topological polar surface area (TPSA) is 65.4 Å². The van der Waals surface area contributed by atoms with E-state index in [1.807, 2.05) is 11.6 Å². The molecule has 0 atom stereocenters. The summed E-state index contributed by atoms with van der Waals surface area (Å²) in [5, 5.41) is 0.592. The zero-order valence-electron chi connectivity index (χ0n) is 11.2. The lowest BCUT2D eigenvalue weighted by Crippen LogP contribution is -2.03. The zero-order chi connectivity index (χ0) is 14.4. The van der Waals surface area contributed by atoms with Crippen molar-refractivity contribution in [3.05, 3.63) is 29.5 Å². The summed E-state index contributed by atoms with van der Waals surface area (Å²) >= 11 is 0. The van der Waals surface area contributed by atoms with Crippen LogP contribution in [0.2, 0.25) is 0 Å². The summed E-state index contributed by atoms with van der Waals surface area (Å²) < 4.78 is 29.8. The Balaban J connectivity index is 2.88. The van der Waals surface area contributed by atoms with Gasteiger partial charge in [0.2, 0.25) is 0 Å². The van der Waals surface area contributed by atoms with Crippen LogP contribution in [0, 0.1) is 6.92 Å². The van der Waals surface area contributed by atoms with E-state index in [-0.39, 0.29) is 4.90 Å². The van der Waals surface area contributed by atoms with Gasteiger partial charge in [0.05, 0.1) is 17.6 Å². The number of fused-ring (bicyclic) bond motifs is 1. The first kappa shape index (κ1) is 13.6. The van der Waals surface area contributed by atoms with Crippen molar-refractivity contribution in [2.45, 2.75) is 11.8 Å². The van der Waals surface area contributed by atoms with E-state index in [2.05, 4.69) is 0 Å². The van der Waals surface area contributed by atoms with Crippen molar-refractivity contribution in [1.82, 2.24) is 4.57 Å². The van der Waals surface area contributed by atoms with E-state index in [4.69, 9.17) is 4.74 Å². The van der Waals surface area contributed by atoms with Crippen LogP contribution < -0.4 is 0 Å². The molecule has 0 spiro atoms. The van der Waals surface area contributed by atoms with Crippen LogP contribution >= 0.6 is 0 Å². The molecule has 0 unspecified atom stereocenters. The molecule has 0 bridgehead atoms. The number of methoxy groups -OCH3 is 1. The summed E-state index contributed by atoms with van der Waals surface area (Å²) in [6.07, 6.45) is 1.14. The van der Waals surface area contributed by atoms with E-state index in [0.717, 1.165) is 17.5 Å². The van der Waals surface area contributed by atoms with Crippen molar-refractivity contribution < 1.29 is 17.9 Å². The van der Waals surface area contributed by atoms with Crippen LogP contribution in [0.15, 0.2) is 23.1 Å². The SMILES string of the molecule is COC(=O)c1c(C)n(C)c2ccc(S(C)(=O)=O)cc12. The van der Waals surface area contributed by atoms with Gasteiger partial charge in [-0.1, -0.05) is 0 Å². The van der Waals surface area contributed by atoms with Gasteiger partial charge in [-0.25, -0.2) is 13.2 Å². The minimum Gasteiger partial charge on any atom is -0.465 e. The Bertz CT molecular complexity index is 772. The summed E-state index contributed by atoms with van der Waals surface area (Å²) in [4.78, 5) is 12.0. The molecule has 1 aromatic heterocycles. The fraction of sp³-hybridized carbons (Fsp3) is 0.308. The quantitative estimate of drug-likeness (QED) is 0.786. The molecule has 19 heavy (non-hydrogen) atoms. The summed E-state index contributed by atoms with van der Waals surface area (Å²) in [5.41, 5.74) is 1.95. The van der Waals surface area contributed by atoms with E-state index >= 15 is 0 Å². The Labute approximate surface area is 111 Å². The third-order valence-electron chi connectivity index (χ3n) is 3.28. The fourth-order valence-electron chi connectivity index (χ4n) is 2.14. The number of esters is 1. The van der Waals surface area contributed by atoms with E-state index in [9.17, 15) is 13.2 Å². The fourth-order valence-corrected chi connectivity index (χ4v) is 2.79. The summed E-state index contributed by atoms with van der Waals surface area (Å²) in [7, 11) is -0.178. The van der Waals surface area contributed by atoms with Crippen molar-refractivity contribution in [1.29, 1.82) is 0 Å². The highest BCUT2D eigenvalue weighted by molar-refractivity contribution is 7.90. The molecule has 0 aliphatic rings. The second-order valence-corrected chi connectivity index (χ2v) is 6.48. The molecule has 0 radical (unpaired) electrons. The molecule has 1 aromatic carbocycles. The second-order valence-electron chi connectivity index (χ2n) is 4.46. The average molecular weight is 281 g/mol. The number of hydrogen-bond acceptors (Lipinski definition) is 4. The van der Waals surface area contributed by atoms with Gasteiger partial charge in [0, 0.05) is 29.9 Å². The van der Waals surface area contributed by atoms with Gasteiger partial charge in [-0.2, -0.15) is 0 Å². The van der Waals surface area contributed by atoms with Gasteiger partial charge in [-0.05, 0) is 25.1 Å². The van der Waals surface area contributed by atoms with Gasteiger partial charge in [-0.3, -0.25) is 0 Å². The van der Waals surface area contributed by atoms with Crippen LogP contribution in [0.1, 0.15) is 16.1 Å². The first-order chi connectivity index (χ1) is 8.77. The summed E-state index contributed by atoms with van der Waals surface area (Å²) in [6, 6.07) is 4.76. The van der Waals surface area contributed by atoms with Gasteiger partial charge >= 0.3 is 5.97 Å². The predicted octanol–water partition coefficient (Wildman–Crippen LogP) is 1.68. The maximum absolute atomic E-state index is 11.8. The van der Waals surface area contributed by atoms with Crippen LogP contribution in [0.4, 0.5) is 0 Å². The highest BCUT2D eigenvalue weighted by Gasteiger charge is 2.20. The number of carbonyl (C=O) groups is 1. The van der Waals surface area contributed by atoms with E-state index < -0.39 is 15.8 Å². The van der Waals surface area contributed by atoms with Crippen LogP contribution in [-0.2, 0) is 21.6 Å². The molecule has 0 saturated heterocycles. The smallest absolute Gasteiger partial charge is 0.340 e. The Hall–Kier alpha value is -1.82. The molecule has 5 nitrogen and oxygen atoms in total. The van der Waals surface area contributed by atoms with E-state index in [1.165, 1.54) is 19.2 Å². The lowest BCUT2D eigenvalue weighted by atomic mass is 10.1. The van der Waals surface area contributed by atoms with Gasteiger partial charge < -0.3 is 9.30 Å². The molecule has 0 N–H and O–H groups in total. The van der Waals surface area contributed by atoms with Crippen molar-refractivity contribution in [3.8, 4) is 0 Å². The van der Waals surface area contributed by atoms with Crippen molar-refractivity contribution in [2.24, 2.45) is 7.05 Å².